The summed E-state index contributed by atoms with van der Waals surface area (Å²) in [5, 5.41) is 0. The van der Waals surface area contributed by atoms with Gasteiger partial charge in [-0.15, -0.1) is 0 Å². The smallest absolute Gasteiger partial charge is 0.332 e. The van der Waals surface area contributed by atoms with Crippen molar-refractivity contribution < 1.29 is 14.3 Å². The topological polar surface area (TPSA) is 35.5 Å². The Balaban J connectivity index is 3.30. The second-order valence-corrected chi connectivity index (χ2v) is 3.98. The standard InChI is InChI=1S/C12H24O3/c1-4-6-8-15-12(13)10-14-9-11(3)7-5-2/h11H,4-10H2,1-3H3. The van der Waals surface area contributed by atoms with Crippen molar-refractivity contribution in [2.75, 3.05) is 19.8 Å². The van der Waals surface area contributed by atoms with Crippen LogP contribution in [0.4, 0.5) is 0 Å². The molecule has 90 valence electrons. The molecule has 0 radical (unpaired) electrons. The summed E-state index contributed by atoms with van der Waals surface area (Å²) in [6, 6.07) is 0. The fourth-order valence-corrected chi connectivity index (χ4v) is 1.29. The van der Waals surface area contributed by atoms with Crippen molar-refractivity contribution in [2.24, 2.45) is 5.92 Å². The van der Waals surface area contributed by atoms with Crippen molar-refractivity contribution in [3.63, 3.8) is 0 Å². The van der Waals surface area contributed by atoms with Gasteiger partial charge >= 0.3 is 5.97 Å². The van der Waals surface area contributed by atoms with Crippen molar-refractivity contribution in [3.8, 4) is 0 Å². The maximum atomic E-state index is 11.1. The quantitative estimate of drug-likeness (QED) is 0.439. The van der Waals surface area contributed by atoms with E-state index in [1.807, 2.05) is 0 Å². The molecule has 3 nitrogen and oxygen atoms in total. The maximum Gasteiger partial charge on any atom is 0.332 e. The van der Waals surface area contributed by atoms with E-state index in [1.54, 1.807) is 0 Å². The lowest BCUT2D eigenvalue weighted by atomic mass is 10.1. The Bertz CT molecular complexity index is 157. The third-order valence-electron chi connectivity index (χ3n) is 2.16. The molecule has 0 saturated heterocycles. The van der Waals surface area contributed by atoms with Crippen molar-refractivity contribution in [1.82, 2.24) is 0 Å². The number of ether oxygens (including phenoxy) is 2. The van der Waals surface area contributed by atoms with Gasteiger partial charge in [-0.1, -0.05) is 33.6 Å². The minimum Gasteiger partial charge on any atom is -0.464 e. The highest BCUT2D eigenvalue weighted by molar-refractivity contribution is 5.70. The van der Waals surface area contributed by atoms with Crippen LogP contribution in [0.3, 0.4) is 0 Å². The van der Waals surface area contributed by atoms with Crippen molar-refractivity contribution in [2.45, 2.75) is 46.5 Å². The molecular formula is C12H24O3. The second-order valence-electron chi connectivity index (χ2n) is 3.98. The molecule has 0 bridgehead atoms. The molecule has 0 rings (SSSR count). The number of esters is 1. The molecular weight excluding hydrogens is 192 g/mol. The largest absolute Gasteiger partial charge is 0.464 e. The van der Waals surface area contributed by atoms with Crippen LogP contribution in [-0.4, -0.2) is 25.8 Å². The number of hydrogen-bond acceptors (Lipinski definition) is 3. The molecule has 0 spiro atoms. The maximum absolute atomic E-state index is 11.1. The van der Waals surface area contributed by atoms with E-state index in [0.717, 1.165) is 25.7 Å². The van der Waals surface area contributed by atoms with Gasteiger partial charge in [0.2, 0.25) is 0 Å². The number of carbonyl (C=O) groups is 1. The number of carbonyl (C=O) groups excluding carboxylic acids is 1. The Hall–Kier alpha value is -0.570. The van der Waals surface area contributed by atoms with Gasteiger partial charge in [0, 0.05) is 6.61 Å². The van der Waals surface area contributed by atoms with Gasteiger partial charge in [-0.2, -0.15) is 0 Å². The molecule has 0 N–H and O–H groups in total. The van der Waals surface area contributed by atoms with Crippen LogP contribution in [0.2, 0.25) is 0 Å². The van der Waals surface area contributed by atoms with Crippen LogP contribution in [0.25, 0.3) is 0 Å². The average Bonchev–Trinajstić information content (AvgIpc) is 2.18. The molecule has 1 unspecified atom stereocenters. The third kappa shape index (κ3) is 9.73. The van der Waals surface area contributed by atoms with Gasteiger partial charge in [0.15, 0.2) is 0 Å². The fourth-order valence-electron chi connectivity index (χ4n) is 1.29. The first-order chi connectivity index (χ1) is 7.20. The molecule has 0 amide bonds. The normalized spacial score (nSPS) is 12.5. The lowest BCUT2D eigenvalue weighted by Gasteiger charge is -2.10. The summed E-state index contributed by atoms with van der Waals surface area (Å²) in [5.74, 6) is 0.283. The Morgan fingerprint density at radius 1 is 1.27 bits per heavy atom. The van der Waals surface area contributed by atoms with Crippen LogP contribution in [0.5, 0.6) is 0 Å². The van der Waals surface area contributed by atoms with E-state index in [0.29, 0.717) is 19.1 Å². The van der Waals surface area contributed by atoms with Crippen molar-refractivity contribution in [1.29, 1.82) is 0 Å². The summed E-state index contributed by atoms with van der Waals surface area (Å²) in [6.07, 6.45) is 4.27. The van der Waals surface area contributed by atoms with Gasteiger partial charge in [0.05, 0.1) is 6.61 Å². The van der Waals surface area contributed by atoms with E-state index >= 15 is 0 Å². The summed E-state index contributed by atoms with van der Waals surface area (Å²) in [4.78, 5) is 11.1. The summed E-state index contributed by atoms with van der Waals surface area (Å²) in [6.45, 7) is 7.61. The van der Waals surface area contributed by atoms with Crippen LogP contribution in [-0.2, 0) is 14.3 Å². The molecule has 0 aromatic carbocycles. The molecule has 0 aliphatic heterocycles. The fraction of sp³-hybridized carbons (Fsp3) is 0.917. The highest BCUT2D eigenvalue weighted by atomic mass is 16.6. The Labute approximate surface area is 93.1 Å². The number of rotatable bonds is 9. The van der Waals surface area contributed by atoms with Crippen LogP contribution in [0, 0.1) is 5.92 Å². The first-order valence-electron chi connectivity index (χ1n) is 5.94. The molecule has 1 atom stereocenters. The van der Waals surface area contributed by atoms with Crippen molar-refractivity contribution in [3.05, 3.63) is 0 Å². The summed E-state index contributed by atoms with van der Waals surface area (Å²) < 4.78 is 10.2. The summed E-state index contributed by atoms with van der Waals surface area (Å²) in [7, 11) is 0. The molecule has 0 aliphatic carbocycles. The number of hydrogen-bond donors (Lipinski definition) is 0. The molecule has 0 heterocycles. The van der Waals surface area contributed by atoms with E-state index in [-0.39, 0.29) is 12.6 Å². The zero-order valence-electron chi connectivity index (χ0n) is 10.3. The van der Waals surface area contributed by atoms with E-state index in [9.17, 15) is 4.79 Å². The lowest BCUT2D eigenvalue weighted by molar-refractivity contribution is -0.149. The molecule has 0 saturated carbocycles. The number of unbranched alkanes of at least 4 members (excludes halogenated alkanes) is 1. The first kappa shape index (κ1) is 14.4. The van der Waals surface area contributed by atoms with Gasteiger partial charge in [0.25, 0.3) is 0 Å². The molecule has 15 heavy (non-hydrogen) atoms. The molecule has 0 aromatic heterocycles. The highest BCUT2D eigenvalue weighted by Crippen LogP contribution is 2.04. The van der Waals surface area contributed by atoms with Crippen LogP contribution >= 0.6 is 0 Å². The third-order valence-corrected chi connectivity index (χ3v) is 2.16. The van der Waals surface area contributed by atoms with Crippen molar-refractivity contribution >= 4 is 5.97 Å². The predicted molar refractivity (Wildman–Crippen MR) is 60.8 cm³/mol. The zero-order valence-corrected chi connectivity index (χ0v) is 10.3. The van der Waals surface area contributed by atoms with Gasteiger partial charge in [-0.3, -0.25) is 0 Å². The Kier molecular flexibility index (Phi) is 9.59. The zero-order chi connectivity index (χ0) is 11.5. The van der Waals surface area contributed by atoms with Gasteiger partial charge in [-0.25, -0.2) is 4.79 Å². The van der Waals surface area contributed by atoms with E-state index in [4.69, 9.17) is 9.47 Å². The first-order valence-corrected chi connectivity index (χ1v) is 5.94. The van der Waals surface area contributed by atoms with Gasteiger partial charge in [-0.05, 0) is 18.8 Å². The SMILES string of the molecule is CCCCOC(=O)COCC(C)CCC. The second kappa shape index (κ2) is 9.97. The van der Waals surface area contributed by atoms with Crippen LogP contribution in [0.1, 0.15) is 46.5 Å². The highest BCUT2D eigenvalue weighted by Gasteiger charge is 2.05. The molecule has 3 heteroatoms. The average molecular weight is 216 g/mol. The molecule has 0 fully saturated rings. The Morgan fingerprint density at radius 2 is 2.00 bits per heavy atom. The van der Waals surface area contributed by atoms with Gasteiger partial charge in [0.1, 0.15) is 6.61 Å². The van der Waals surface area contributed by atoms with Crippen LogP contribution < -0.4 is 0 Å². The lowest BCUT2D eigenvalue weighted by Crippen LogP contribution is -2.16. The molecule has 0 aliphatic rings. The minimum atomic E-state index is -0.243. The molecule has 0 aromatic rings. The van der Waals surface area contributed by atoms with E-state index in [2.05, 4.69) is 20.8 Å². The monoisotopic (exact) mass is 216 g/mol. The Morgan fingerprint density at radius 3 is 2.60 bits per heavy atom. The van der Waals surface area contributed by atoms with E-state index < -0.39 is 0 Å². The van der Waals surface area contributed by atoms with Crippen LogP contribution in [0.15, 0.2) is 0 Å². The summed E-state index contributed by atoms with van der Waals surface area (Å²) in [5.41, 5.74) is 0. The van der Waals surface area contributed by atoms with Gasteiger partial charge < -0.3 is 9.47 Å². The summed E-state index contributed by atoms with van der Waals surface area (Å²) >= 11 is 0. The predicted octanol–water partition coefficient (Wildman–Crippen LogP) is 2.78. The van der Waals surface area contributed by atoms with E-state index in [1.165, 1.54) is 0 Å². The minimum absolute atomic E-state index is 0.0950.